The Morgan fingerprint density at radius 2 is 1.92 bits per heavy atom. The quantitative estimate of drug-likeness (QED) is 0.789. The standard InChI is InChI=1S/C11H16ClN/c1-2-9(7-8-13)10-3-5-11(12)6-4-10/h3-6,9H,2,7-8,13H2,1H3. The van der Waals surface area contributed by atoms with Gasteiger partial charge in [-0.1, -0.05) is 30.7 Å². The minimum atomic E-state index is 0.585. The number of rotatable bonds is 4. The zero-order chi connectivity index (χ0) is 9.68. The third-order valence-electron chi connectivity index (χ3n) is 2.35. The lowest BCUT2D eigenvalue weighted by atomic mass is 9.93. The molecule has 1 aromatic rings. The molecular formula is C11H16ClN. The topological polar surface area (TPSA) is 26.0 Å². The average molecular weight is 198 g/mol. The van der Waals surface area contributed by atoms with Crippen molar-refractivity contribution in [3.8, 4) is 0 Å². The van der Waals surface area contributed by atoms with Crippen LogP contribution in [-0.2, 0) is 0 Å². The van der Waals surface area contributed by atoms with E-state index in [2.05, 4.69) is 19.1 Å². The smallest absolute Gasteiger partial charge is 0.0406 e. The molecule has 0 fully saturated rings. The summed E-state index contributed by atoms with van der Waals surface area (Å²) >= 11 is 5.81. The summed E-state index contributed by atoms with van der Waals surface area (Å²) in [5, 5.41) is 0.798. The second-order valence-electron chi connectivity index (χ2n) is 3.23. The average Bonchev–Trinajstić information content (AvgIpc) is 2.16. The lowest BCUT2D eigenvalue weighted by Crippen LogP contribution is -2.06. The molecule has 72 valence electrons. The van der Waals surface area contributed by atoms with E-state index in [1.54, 1.807) is 0 Å². The van der Waals surface area contributed by atoms with Crippen LogP contribution in [0.4, 0.5) is 0 Å². The third-order valence-corrected chi connectivity index (χ3v) is 2.60. The van der Waals surface area contributed by atoms with E-state index < -0.39 is 0 Å². The molecule has 0 aliphatic rings. The second kappa shape index (κ2) is 5.25. The molecule has 0 aliphatic heterocycles. The van der Waals surface area contributed by atoms with Crippen molar-refractivity contribution >= 4 is 11.6 Å². The van der Waals surface area contributed by atoms with Gasteiger partial charge in [0.25, 0.3) is 0 Å². The van der Waals surface area contributed by atoms with Gasteiger partial charge in [-0.3, -0.25) is 0 Å². The number of halogens is 1. The first-order valence-corrected chi connectivity index (χ1v) is 5.11. The number of nitrogens with two attached hydrogens (primary N) is 1. The van der Waals surface area contributed by atoms with Crippen molar-refractivity contribution in [1.82, 2.24) is 0 Å². The first kappa shape index (κ1) is 10.6. The lowest BCUT2D eigenvalue weighted by molar-refractivity contribution is 0.614. The maximum absolute atomic E-state index is 5.81. The Hall–Kier alpha value is -0.530. The summed E-state index contributed by atoms with van der Waals surface area (Å²) in [5.74, 6) is 0.585. The fourth-order valence-corrected chi connectivity index (χ4v) is 1.67. The molecule has 0 aromatic heterocycles. The Morgan fingerprint density at radius 1 is 1.31 bits per heavy atom. The zero-order valence-electron chi connectivity index (χ0n) is 7.96. The summed E-state index contributed by atoms with van der Waals surface area (Å²) < 4.78 is 0. The van der Waals surface area contributed by atoms with Crippen molar-refractivity contribution in [2.45, 2.75) is 25.7 Å². The van der Waals surface area contributed by atoms with Gasteiger partial charge in [0.2, 0.25) is 0 Å². The van der Waals surface area contributed by atoms with Gasteiger partial charge in [-0.25, -0.2) is 0 Å². The normalized spacial score (nSPS) is 12.8. The van der Waals surface area contributed by atoms with Crippen molar-refractivity contribution < 1.29 is 0 Å². The molecule has 1 nitrogen and oxygen atoms in total. The Labute approximate surface area is 84.9 Å². The van der Waals surface area contributed by atoms with Crippen LogP contribution in [0.25, 0.3) is 0 Å². The molecule has 1 unspecified atom stereocenters. The van der Waals surface area contributed by atoms with E-state index in [4.69, 9.17) is 17.3 Å². The maximum Gasteiger partial charge on any atom is 0.0406 e. The molecule has 13 heavy (non-hydrogen) atoms. The van der Waals surface area contributed by atoms with Gasteiger partial charge in [-0.2, -0.15) is 0 Å². The van der Waals surface area contributed by atoms with Crippen molar-refractivity contribution in [2.75, 3.05) is 6.54 Å². The Bertz CT molecular complexity index is 243. The molecule has 2 heteroatoms. The van der Waals surface area contributed by atoms with Crippen LogP contribution in [0.5, 0.6) is 0 Å². The predicted molar refractivity (Wildman–Crippen MR) is 58.2 cm³/mol. The Balaban J connectivity index is 2.73. The van der Waals surface area contributed by atoms with Gasteiger partial charge in [0, 0.05) is 5.02 Å². The lowest BCUT2D eigenvalue weighted by Gasteiger charge is -2.13. The van der Waals surface area contributed by atoms with Gasteiger partial charge in [0.1, 0.15) is 0 Å². The van der Waals surface area contributed by atoms with Gasteiger partial charge in [-0.15, -0.1) is 0 Å². The molecule has 2 N–H and O–H groups in total. The maximum atomic E-state index is 5.81. The molecule has 0 saturated carbocycles. The van der Waals surface area contributed by atoms with E-state index in [1.165, 1.54) is 5.56 Å². The molecule has 1 rings (SSSR count). The highest BCUT2D eigenvalue weighted by atomic mass is 35.5. The fourth-order valence-electron chi connectivity index (χ4n) is 1.54. The number of hydrogen-bond acceptors (Lipinski definition) is 1. The molecule has 0 bridgehead atoms. The zero-order valence-corrected chi connectivity index (χ0v) is 8.72. The van der Waals surface area contributed by atoms with E-state index >= 15 is 0 Å². The van der Waals surface area contributed by atoms with Crippen LogP contribution in [0, 0.1) is 0 Å². The van der Waals surface area contributed by atoms with E-state index in [0.717, 1.165) is 24.4 Å². The van der Waals surface area contributed by atoms with Crippen LogP contribution in [0.3, 0.4) is 0 Å². The minimum Gasteiger partial charge on any atom is -0.330 e. The van der Waals surface area contributed by atoms with Crippen LogP contribution < -0.4 is 5.73 Å². The molecule has 1 atom stereocenters. The van der Waals surface area contributed by atoms with Crippen molar-refractivity contribution in [2.24, 2.45) is 5.73 Å². The van der Waals surface area contributed by atoms with E-state index in [-0.39, 0.29) is 0 Å². The van der Waals surface area contributed by atoms with Crippen molar-refractivity contribution in [1.29, 1.82) is 0 Å². The predicted octanol–water partition coefficient (Wildman–Crippen LogP) is 3.18. The molecule has 0 heterocycles. The summed E-state index contributed by atoms with van der Waals surface area (Å²) in [6.07, 6.45) is 2.19. The Kier molecular flexibility index (Phi) is 4.26. The van der Waals surface area contributed by atoms with E-state index in [9.17, 15) is 0 Å². The largest absolute Gasteiger partial charge is 0.330 e. The highest BCUT2D eigenvalue weighted by Gasteiger charge is 2.07. The van der Waals surface area contributed by atoms with Crippen LogP contribution >= 0.6 is 11.6 Å². The molecule has 0 radical (unpaired) electrons. The summed E-state index contributed by atoms with van der Waals surface area (Å²) in [7, 11) is 0. The SMILES string of the molecule is CCC(CCN)c1ccc(Cl)cc1. The fraction of sp³-hybridized carbons (Fsp3) is 0.455. The van der Waals surface area contributed by atoms with E-state index in [1.807, 2.05) is 12.1 Å². The molecule has 0 spiro atoms. The van der Waals surface area contributed by atoms with Gasteiger partial charge in [0.05, 0.1) is 0 Å². The second-order valence-corrected chi connectivity index (χ2v) is 3.67. The summed E-state index contributed by atoms with van der Waals surface area (Å²) in [6.45, 7) is 2.94. The van der Waals surface area contributed by atoms with Crippen LogP contribution in [0.2, 0.25) is 5.02 Å². The van der Waals surface area contributed by atoms with Gasteiger partial charge < -0.3 is 5.73 Å². The summed E-state index contributed by atoms with van der Waals surface area (Å²) in [4.78, 5) is 0. The van der Waals surface area contributed by atoms with Crippen molar-refractivity contribution in [3.05, 3.63) is 34.9 Å². The molecule has 1 aromatic carbocycles. The molecule has 0 amide bonds. The van der Waals surface area contributed by atoms with E-state index in [0.29, 0.717) is 5.92 Å². The first-order chi connectivity index (χ1) is 6.27. The highest BCUT2D eigenvalue weighted by Crippen LogP contribution is 2.23. The van der Waals surface area contributed by atoms with Crippen LogP contribution in [0.1, 0.15) is 31.2 Å². The van der Waals surface area contributed by atoms with Gasteiger partial charge >= 0.3 is 0 Å². The van der Waals surface area contributed by atoms with Gasteiger partial charge in [-0.05, 0) is 43.0 Å². The summed E-state index contributed by atoms with van der Waals surface area (Å²) in [6, 6.07) is 8.06. The number of hydrogen-bond donors (Lipinski definition) is 1. The third kappa shape index (κ3) is 3.02. The van der Waals surface area contributed by atoms with Crippen LogP contribution in [0.15, 0.2) is 24.3 Å². The highest BCUT2D eigenvalue weighted by molar-refractivity contribution is 6.30. The van der Waals surface area contributed by atoms with Crippen molar-refractivity contribution in [3.63, 3.8) is 0 Å². The van der Waals surface area contributed by atoms with Gasteiger partial charge in [0.15, 0.2) is 0 Å². The minimum absolute atomic E-state index is 0.585. The monoisotopic (exact) mass is 197 g/mol. The molecular weight excluding hydrogens is 182 g/mol. The number of benzene rings is 1. The molecule has 0 saturated heterocycles. The molecule has 0 aliphatic carbocycles. The Morgan fingerprint density at radius 3 is 2.38 bits per heavy atom. The summed E-state index contributed by atoms with van der Waals surface area (Å²) in [5.41, 5.74) is 6.89. The van der Waals surface area contributed by atoms with Crippen LogP contribution in [-0.4, -0.2) is 6.54 Å². The first-order valence-electron chi connectivity index (χ1n) is 4.73.